The lowest BCUT2D eigenvalue weighted by Gasteiger charge is -2.27. The molecule has 1 aromatic carbocycles. The molecule has 1 rings (SSSR count). The van der Waals surface area contributed by atoms with Crippen molar-refractivity contribution in [3.8, 4) is 0 Å². The second-order valence-electron chi connectivity index (χ2n) is 4.78. The highest BCUT2D eigenvalue weighted by Gasteiger charge is 2.20. The normalized spacial score (nSPS) is 14.3. The number of benzene rings is 1. The first-order valence-electron chi connectivity index (χ1n) is 7.30. The molecule has 0 aliphatic rings. The number of halogens is 1. The van der Waals surface area contributed by atoms with Crippen molar-refractivity contribution in [2.24, 2.45) is 0 Å². The van der Waals surface area contributed by atoms with Crippen molar-refractivity contribution in [3.63, 3.8) is 0 Å². The maximum atomic E-state index is 12.9. The topological polar surface area (TPSA) is 21.3 Å². The minimum absolute atomic E-state index is 0.182. The fourth-order valence-electron chi connectivity index (χ4n) is 2.37. The molecule has 19 heavy (non-hydrogen) atoms. The van der Waals surface area contributed by atoms with Gasteiger partial charge in [0.1, 0.15) is 5.82 Å². The van der Waals surface area contributed by atoms with Crippen molar-refractivity contribution in [1.82, 2.24) is 5.32 Å². The molecule has 0 amide bonds. The smallest absolute Gasteiger partial charge is 0.123 e. The zero-order chi connectivity index (χ0) is 14.1. The maximum absolute atomic E-state index is 12.9. The highest BCUT2D eigenvalue weighted by molar-refractivity contribution is 5.17. The molecular weight excluding hydrogens is 241 g/mol. The molecule has 0 spiro atoms. The van der Waals surface area contributed by atoms with Gasteiger partial charge in [0.15, 0.2) is 0 Å². The molecule has 0 bridgehead atoms. The molecule has 2 nitrogen and oxygen atoms in total. The Morgan fingerprint density at radius 2 is 1.84 bits per heavy atom. The second-order valence-corrected chi connectivity index (χ2v) is 4.78. The standard InChI is InChI=1S/C16H26FNO/c1-4-7-16(19-6-3)15(18-5-2)12-13-8-10-14(17)11-9-13/h8-11,15-16,18H,4-7,12H2,1-3H3. The van der Waals surface area contributed by atoms with E-state index in [2.05, 4.69) is 19.2 Å². The molecule has 2 unspecified atom stereocenters. The van der Waals surface area contributed by atoms with Crippen LogP contribution >= 0.6 is 0 Å². The van der Waals surface area contributed by atoms with Crippen LogP contribution in [0.3, 0.4) is 0 Å². The van der Waals surface area contributed by atoms with Crippen LogP contribution in [0.25, 0.3) is 0 Å². The molecule has 108 valence electrons. The summed E-state index contributed by atoms with van der Waals surface area (Å²) in [6, 6.07) is 7.04. The highest BCUT2D eigenvalue weighted by atomic mass is 19.1. The molecule has 1 aromatic rings. The molecule has 0 heterocycles. The van der Waals surface area contributed by atoms with Crippen LogP contribution in [0, 0.1) is 5.82 Å². The average molecular weight is 267 g/mol. The van der Waals surface area contributed by atoms with Gasteiger partial charge in [0.25, 0.3) is 0 Å². The van der Waals surface area contributed by atoms with E-state index in [1.54, 1.807) is 0 Å². The van der Waals surface area contributed by atoms with Crippen molar-refractivity contribution in [3.05, 3.63) is 35.6 Å². The maximum Gasteiger partial charge on any atom is 0.123 e. The molecule has 0 saturated heterocycles. The highest BCUT2D eigenvalue weighted by Crippen LogP contribution is 2.14. The molecule has 0 fully saturated rings. The minimum atomic E-state index is -0.182. The van der Waals surface area contributed by atoms with E-state index in [0.717, 1.165) is 38.0 Å². The molecule has 0 aliphatic carbocycles. The van der Waals surface area contributed by atoms with Gasteiger partial charge in [0, 0.05) is 12.6 Å². The van der Waals surface area contributed by atoms with Gasteiger partial charge in [-0.2, -0.15) is 0 Å². The molecule has 3 heteroatoms. The summed E-state index contributed by atoms with van der Waals surface area (Å²) in [5, 5.41) is 3.50. The first-order valence-corrected chi connectivity index (χ1v) is 7.30. The summed E-state index contributed by atoms with van der Waals surface area (Å²) >= 11 is 0. The van der Waals surface area contributed by atoms with Gasteiger partial charge in [-0.05, 0) is 44.0 Å². The van der Waals surface area contributed by atoms with Crippen LogP contribution in [-0.2, 0) is 11.2 Å². The van der Waals surface area contributed by atoms with E-state index in [0.29, 0.717) is 0 Å². The van der Waals surface area contributed by atoms with E-state index >= 15 is 0 Å². The summed E-state index contributed by atoms with van der Waals surface area (Å²) in [7, 11) is 0. The van der Waals surface area contributed by atoms with Gasteiger partial charge < -0.3 is 10.1 Å². The summed E-state index contributed by atoms with van der Waals surface area (Å²) in [5.74, 6) is -0.182. The van der Waals surface area contributed by atoms with Gasteiger partial charge in [-0.1, -0.05) is 32.4 Å². The lowest BCUT2D eigenvalue weighted by Crippen LogP contribution is -2.43. The number of ether oxygens (including phenoxy) is 1. The minimum Gasteiger partial charge on any atom is -0.377 e. The third kappa shape index (κ3) is 5.70. The van der Waals surface area contributed by atoms with Crippen LogP contribution in [0.5, 0.6) is 0 Å². The van der Waals surface area contributed by atoms with Crippen molar-refractivity contribution >= 4 is 0 Å². The molecule has 0 aromatic heterocycles. The predicted octanol–water partition coefficient (Wildman–Crippen LogP) is 3.55. The van der Waals surface area contributed by atoms with Crippen LogP contribution in [0.4, 0.5) is 4.39 Å². The summed E-state index contributed by atoms with van der Waals surface area (Å²) in [4.78, 5) is 0. The van der Waals surface area contributed by atoms with Crippen molar-refractivity contribution < 1.29 is 9.13 Å². The zero-order valence-corrected chi connectivity index (χ0v) is 12.3. The molecule has 0 radical (unpaired) electrons. The molecule has 1 N–H and O–H groups in total. The predicted molar refractivity (Wildman–Crippen MR) is 77.9 cm³/mol. The molecule has 2 atom stereocenters. The summed E-state index contributed by atoms with van der Waals surface area (Å²) < 4.78 is 18.8. The van der Waals surface area contributed by atoms with Gasteiger partial charge >= 0.3 is 0 Å². The quantitative estimate of drug-likeness (QED) is 0.739. The largest absolute Gasteiger partial charge is 0.377 e. The Labute approximate surface area is 116 Å². The Hall–Kier alpha value is -0.930. The fraction of sp³-hybridized carbons (Fsp3) is 0.625. The van der Waals surface area contributed by atoms with Crippen LogP contribution in [-0.4, -0.2) is 25.3 Å². The first kappa shape index (κ1) is 16.1. The monoisotopic (exact) mass is 267 g/mol. The molecule has 0 aliphatic heterocycles. The van der Waals surface area contributed by atoms with Gasteiger partial charge in [-0.3, -0.25) is 0 Å². The Bertz CT molecular complexity index is 333. The Morgan fingerprint density at radius 1 is 1.16 bits per heavy atom. The molecule has 0 saturated carbocycles. The van der Waals surface area contributed by atoms with Gasteiger partial charge in [-0.15, -0.1) is 0 Å². The average Bonchev–Trinajstić information content (AvgIpc) is 2.40. The number of rotatable bonds is 9. The zero-order valence-electron chi connectivity index (χ0n) is 12.3. The fourth-order valence-corrected chi connectivity index (χ4v) is 2.37. The van der Waals surface area contributed by atoms with E-state index in [1.807, 2.05) is 19.1 Å². The third-order valence-electron chi connectivity index (χ3n) is 3.24. The lowest BCUT2D eigenvalue weighted by molar-refractivity contribution is 0.0285. The summed E-state index contributed by atoms with van der Waals surface area (Å²) in [5.41, 5.74) is 1.15. The Kier molecular flexibility index (Phi) is 7.68. The van der Waals surface area contributed by atoms with E-state index in [1.165, 1.54) is 12.1 Å². The van der Waals surface area contributed by atoms with Crippen LogP contribution < -0.4 is 5.32 Å². The van der Waals surface area contributed by atoms with Gasteiger partial charge in [0.2, 0.25) is 0 Å². The van der Waals surface area contributed by atoms with Gasteiger partial charge in [-0.25, -0.2) is 4.39 Å². The first-order chi connectivity index (χ1) is 9.21. The van der Waals surface area contributed by atoms with E-state index < -0.39 is 0 Å². The summed E-state index contributed by atoms with van der Waals surface area (Å²) in [6.45, 7) is 7.96. The van der Waals surface area contributed by atoms with Crippen molar-refractivity contribution in [1.29, 1.82) is 0 Å². The van der Waals surface area contributed by atoms with E-state index in [9.17, 15) is 4.39 Å². The van der Waals surface area contributed by atoms with Crippen molar-refractivity contribution in [2.75, 3.05) is 13.2 Å². The molecular formula is C16H26FNO. The Balaban J connectivity index is 2.71. The van der Waals surface area contributed by atoms with E-state index in [4.69, 9.17) is 4.74 Å². The summed E-state index contributed by atoms with van der Waals surface area (Å²) in [6.07, 6.45) is 3.25. The number of likely N-dealkylation sites (N-methyl/N-ethyl adjacent to an activating group) is 1. The van der Waals surface area contributed by atoms with E-state index in [-0.39, 0.29) is 18.0 Å². The van der Waals surface area contributed by atoms with Crippen LogP contribution in [0.15, 0.2) is 24.3 Å². The second kappa shape index (κ2) is 9.05. The van der Waals surface area contributed by atoms with Gasteiger partial charge in [0.05, 0.1) is 6.10 Å². The van der Waals surface area contributed by atoms with Crippen LogP contribution in [0.1, 0.15) is 39.2 Å². The SMILES string of the molecule is CCCC(OCC)C(Cc1ccc(F)cc1)NCC. The Morgan fingerprint density at radius 3 is 2.37 bits per heavy atom. The van der Waals surface area contributed by atoms with Crippen LogP contribution in [0.2, 0.25) is 0 Å². The van der Waals surface area contributed by atoms with Crippen molar-refractivity contribution in [2.45, 2.75) is 52.2 Å². The third-order valence-corrected chi connectivity index (χ3v) is 3.24. The number of hydrogen-bond donors (Lipinski definition) is 1. The number of hydrogen-bond acceptors (Lipinski definition) is 2. The lowest BCUT2D eigenvalue weighted by atomic mass is 9.98. The number of nitrogens with one attached hydrogen (secondary N) is 1.